The van der Waals surface area contributed by atoms with Gasteiger partial charge in [0.05, 0.1) is 15.5 Å². The van der Waals surface area contributed by atoms with Crippen LogP contribution in [0.2, 0.25) is 0 Å². The number of aryl methyl sites for hydroxylation is 1. The Hall–Kier alpha value is -3.04. The minimum absolute atomic E-state index is 0.0433. The van der Waals surface area contributed by atoms with Crippen LogP contribution in [0.15, 0.2) is 53.4 Å². The van der Waals surface area contributed by atoms with Gasteiger partial charge in [0.1, 0.15) is 0 Å². The fourth-order valence-corrected chi connectivity index (χ4v) is 5.56. The van der Waals surface area contributed by atoms with Crippen LogP contribution >= 0.6 is 11.3 Å². The van der Waals surface area contributed by atoms with Gasteiger partial charge in [-0.05, 0) is 49.1 Å². The second-order valence-corrected chi connectivity index (χ2v) is 11.4. The van der Waals surface area contributed by atoms with Gasteiger partial charge in [0.2, 0.25) is 0 Å². The van der Waals surface area contributed by atoms with Gasteiger partial charge in [0.25, 0.3) is 15.9 Å². The smallest absolute Gasteiger partial charge is 0.261 e. The number of nitrogens with one attached hydrogen (secondary N) is 2. The van der Waals surface area contributed by atoms with Crippen molar-refractivity contribution in [3.63, 3.8) is 0 Å². The van der Waals surface area contributed by atoms with E-state index in [2.05, 4.69) is 15.0 Å². The Balaban J connectivity index is 1.51. The molecular formula is C23H23N3O4S2. The molecule has 1 heterocycles. The summed E-state index contributed by atoms with van der Waals surface area (Å²) in [5, 5.41) is 3.09. The average Bonchev–Trinajstić information content (AvgIpc) is 3.09. The number of benzene rings is 2. The van der Waals surface area contributed by atoms with E-state index in [1.807, 2.05) is 20.8 Å². The van der Waals surface area contributed by atoms with Gasteiger partial charge in [0, 0.05) is 17.7 Å². The van der Waals surface area contributed by atoms with Crippen molar-refractivity contribution in [2.75, 3.05) is 10.0 Å². The Morgan fingerprint density at radius 2 is 1.81 bits per heavy atom. The summed E-state index contributed by atoms with van der Waals surface area (Å²) in [6.45, 7) is 5.92. The van der Waals surface area contributed by atoms with Gasteiger partial charge in [-0.1, -0.05) is 48.9 Å². The van der Waals surface area contributed by atoms with Crippen LogP contribution in [0, 0.1) is 12.3 Å². The minimum atomic E-state index is -3.78. The van der Waals surface area contributed by atoms with Crippen molar-refractivity contribution in [3.8, 4) is 0 Å². The van der Waals surface area contributed by atoms with E-state index in [1.165, 1.54) is 29.5 Å². The lowest BCUT2D eigenvalue weighted by molar-refractivity contribution is 0.0915. The van der Waals surface area contributed by atoms with Crippen LogP contribution in [-0.4, -0.2) is 25.1 Å². The number of Topliss-reactive ketones (excluding diaryl/α,β-unsaturated/α-hetero) is 1. The first kappa shape index (κ1) is 22.2. The molecule has 0 saturated carbocycles. The summed E-state index contributed by atoms with van der Waals surface area (Å²) < 4.78 is 27.8. The number of rotatable bonds is 5. The molecule has 0 bridgehead atoms. The average molecular weight is 470 g/mol. The van der Waals surface area contributed by atoms with Crippen LogP contribution in [0.3, 0.4) is 0 Å². The summed E-state index contributed by atoms with van der Waals surface area (Å²) in [5.74, 6) is -0.388. The van der Waals surface area contributed by atoms with E-state index in [4.69, 9.17) is 0 Å². The first-order chi connectivity index (χ1) is 15.0. The number of sulfonamides is 1. The summed E-state index contributed by atoms with van der Waals surface area (Å²) in [5.41, 5.74) is 2.06. The topological polar surface area (TPSA) is 105 Å². The molecule has 0 spiro atoms. The summed E-state index contributed by atoms with van der Waals surface area (Å²) in [7, 11) is -3.78. The predicted molar refractivity (Wildman–Crippen MR) is 125 cm³/mol. The Morgan fingerprint density at radius 3 is 2.53 bits per heavy atom. The highest BCUT2D eigenvalue weighted by Crippen LogP contribution is 2.38. The van der Waals surface area contributed by atoms with Gasteiger partial charge in [-0.15, -0.1) is 0 Å². The molecule has 0 unspecified atom stereocenters. The monoisotopic (exact) mass is 469 g/mol. The molecule has 0 saturated heterocycles. The lowest BCUT2D eigenvalue weighted by atomic mass is 9.78. The van der Waals surface area contributed by atoms with Crippen molar-refractivity contribution in [3.05, 3.63) is 70.2 Å². The van der Waals surface area contributed by atoms with Gasteiger partial charge in [-0.25, -0.2) is 13.4 Å². The van der Waals surface area contributed by atoms with Crippen LogP contribution in [0.1, 0.15) is 51.6 Å². The van der Waals surface area contributed by atoms with Crippen LogP contribution in [-0.2, 0) is 16.4 Å². The minimum Gasteiger partial charge on any atom is -0.298 e. The Bertz CT molecular complexity index is 1310. The van der Waals surface area contributed by atoms with Gasteiger partial charge in [-0.2, -0.15) is 0 Å². The van der Waals surface area contributed by atoms with Crippen LogP contribution < -0.4 is 10.0 Å². The number of anilines is 2. The fraction of sp³-hybridized carbons (Fsp3) is 0.261. The number of carbonyl (C=O) groups excluding carboxylic acids is 2. The molecule has 1 aliphatic carbocycles. The van der Waals surface area contributed by atoms with E-state index >= 15 is 0 Å². The molecule has 0 atom stereocenters. The van der Waals surface area contributed by atoms with Crippen LogP contribution in [0.4, 0.5) is 10.8 Å². The van der Waals surface area contributed by atoms with E-state index in [9.17, 15) is 18.0 Å². The second-order valence-electron chi connectivity index (χ2n) is 8.69. The van der Waals surface area contributed by atoms with Crippen molar-refractivity contribution < 1.29 is 18.0 Å². The maximum atomic E-state index is 12.8. The lowest BCUT2D eigenvalue weighted by Crippen LogP contribution is -2.26. The summed E-state index contributed by atoms with van der Waals surface area (Å²) >= 11 is 1.18. The van der Waals surface area contributed by atoms with Crippen molar-refractivity contribution >= 4 is 43.9 Å². The number of amides is 1. The largest absolute Gasteiger partial charge is 0.298 e. The quantitative estimate of drug-likeness (QED) is 0.565. The van der Waals surface area contributed by atoms with Crippen molar-refractivity contribution in [1.82, 2.24) is 4.98 Å². The number of nitrogens with zero attached hydrogens (tertiary/aromatic N) is 1. The fourth-order valence-electron chi connectivity index (χ4n) is 3.60. The zero-order chi connectivity index (χ0) is 23.1. The molecule has 7 nitrogen and oxygen atoms in total. The van der Waals surface area contributed by atoms with E-state index in [1.54, 1.807) is 30.3 Å². The second kappa shape index (κ2) is 8.14. The molecule has 1 amide bonds. The van der Waals surface area contributed by atoms with E-state index in [0.717, 1.165) is 5.56 Å². The number of carbonyl (C=O) groups is 2. The molecule has 1 aliphatic rings. The maximum absolute atomic E-state index is 12.8. The zero-order valence-electron chi connectivity index (χ0n) is 17.9. The van der Waals surface area contributed by atoms with E-state index in [-0.39, 0.29) is 27.3 Å². The molecule has 32 heavy (non-hydrogen) atoms. The molecule has 0 radical (unpaired) electrons. The number of ketones is 1. The molecule has 2 aromatic carbocycles. The molecule has 1 aromatic heterocycles. The molecule has 9 heteroatoms. The van der Waals surface area contributed by atoms with Gasteiger partial charge < -0.3 is 0 Å². The third-order valence-corrected chi connectivity index (χ3v) is 7.62. The number of hydrogen-bond donors (Lipinski definition) is 2. The Morgan fingerprint density at radius 1 is 1.09 bits per heavy atom. The molecule has 166 valence electrons. The summed E-state index contributed by atoms with van der Waals surface area (Å²) in [6, 6.07) is 12.7. The molecular weight excluding hydrogens is 446 g/mol. The molecule has 2 N–H and O–H groups in total. The maximum Gasteiger partial charge on any atom is 0.261 e. The molecule has 0 fully saturated rings. The van der Waals surface area contributed by atoms with Crippen molar-refractivity contribution in [1.29, 1.82) is 0 Å². The lowest BCUT2D eigenvalue weighted by Gasteiger charge is -2.26. The highest BCUT2D eigenvalue weighted by molar-refractivity contribution is 7.92. The Labute approximate surface area is 191 Å². The molecule has 0 aliphatic heterocycles. The van der Waals surface area contributed by atoms with Gasteiger partial charge >= 0.3 is 0 Å². The normalized spacial score (nSPS) is 15.2. The van der Waals surface area contributed by atoms with Gasteiger partial charge in [-0.3, -0.25) is 19.6 Å². The SMILES string of the molecule is Cc1ccc(S(=O)(=O)Nc2cccc(C(=O)Nc3nc4c(s3)C(=O)CC(C)(C)C4)c2)cc1. The van der Waals surface area contributed by atoms with Crippen molar-refractivity contribution in [2.45, 2.75) is 38.5 Å². The van der Waals surface area contributed by atoms with Crippen LogP contribution in [0.25, 0.3) is 0 Å². The first-order valence-corrected chi connectivity index (χ1v) is 12.4. The third-order valence-electron chi connectivity index (χ3n) is 5.16. The zero-order valence-corrected chi connectivity index (χ0v) is 19.6. The highest BCUT2D eigenvalue weighted by atomic mass is 32.2. The van der Waals surface area contributed by atoms with E-state index < -0.39 is 15.9 Å². The summed E-state index contributed by atoms with van der Waals surface area (Å²) in [6.07, 6.45) is 1.13. The number of aromatic nitrogens is 1. The van der Waals surface area contributed by atoms with Crippen LogP contribution in [0.5, 0.6) is 0 Å². The Kier molecular flexibility index (Phi) is 5.64. The van der Waals surface area contributed by atoms with Gasteiger partial charge in [0.15, 0.2) is 10.9 Å². The number of hydrogen-bond acceptors (Lipinski definition) is 6. The molecule has 4 rings (SSSR count). The number of thiazole rings is 1. The van der Waals surface area contributed by atoms with E-state index in [0.29, 0.717) is 28.5 Å². The molecule has 3 aromatic rings. The predicted octanol–water partition coefficient (Wildman–Crippen LogP) is 4.66. The standard InChI is InChI=1S/C23H23N3O4S2/c1-14-7-9-17(10-8-14)32(29,30)26-16-6-4-5-15(11-16)21(28)25-22-24-18-12-23(2,3)13-19(27)20(18)31-22/h4-11,26H,12-13H2,1-3H3,(H,24,25,28). The summed E-state index contributed by atoms with van der Waals surface area (Å²) in [4.78, 5) is 30.3. The first-order valence-electron chi connectivity index (χ1n) is 10.1. The highest BCUT2D eigenvalue weighted by Gasteiger charge is 2.34. The number of fused-ring (bicyclic) bond motifs is 1. The third kappa shape index (κ3) is 4.73. The van der Waals surface area contributed by atoms with Crippen molar-refractivity contribution in [2.24, 2.45) is 5.41 Å².